The number of amides is 1. The third-order valence-electron chi connectivity index (χ3n) is 5.02. The van der Waals surface area contributed by atoms with Crippen molar-refractivity contribution >= 4 is 45.8 Å². The summed E-state index contributed by atoms with van der Waals surface area (Å²) in [6, 6.07) is 9.35. The average molecular weight is 457 g/mol. The van der Waals surface area contributed by atoms with Crippen molar-refractivity contribution in [1.82, 2.24) is 19.9 Å². The van der Waals surface area contributed by atoms with Gasteiger partial charge in [-0.2, -0.15) is 0 Å². The zero-order valence-corrected chi connectivity index (χ0v) is 18.9. The monoisotopic (exact) mass is 456 g/mol. The number of aromatic nitrogens is 3. The number of anilines is 3. The number of nitrogens with zero attached hydrogens (tertiary/aromatic N) is 4. The number of piperazine rings is 1. The second-order valence-electron chi connectivity index (χ2n) is 8.55. The number of nitrogens with one attached hydrogen (secondary N) is 2. The average Bonchev–Trinajstić information content (AvgIpc) is 2.73. The molecule has 1 aliphatic rings. The van der Waals surface area contributed by atoms with Crippen molar-refractivity contribution in [3.8, 4) is 0 Å². The van der Waals surface area contributed by atoms with Crippen LogP contribution in [-0.2, 0) is 4.74 Å². The number of fused-ring (bicyclic) bond motifs is 1. The van der Waals surface area contributed by atoms with Gasteiger partial charge in [0.2, 0.25) is 0 Å². The highest BCUT2D eigenvalue weighted by Crippen LogP contribution is 2.26. The predicted octanol–water partition coefficient (Wildman–Crippen LogP) is 3.77. The minimum atomic E-state index is -0.499. The van der Waals surface area contributed by atoms with Gasteiger partial charge in [0.25, 0.3) is 5.56 Å². The number of H-pyrrole nitrogens is 1. The Morgan fingerprint density at radius 2 is 1.84 bits per heavy atom. The van der Waals surface area contributed by atoms with Crippen LogP contribution in [0.4, 0.5) is 22.0 Å². The van der Waals surface area contributed by atoms with E-state index >= 15 is 0 Å². The second-order valence-corrected chi connectivity index (χ2v) is 8.93. The summed E-state index contributed by atoms with van der Waals surface area (Å²) in [5, 5.41) is 3.75. The summed E-state index contributed by atoms with van der Waals surface area (Å²) < 4.78 is 5.45. The summed E-state index contributed by atoms with van der Waals surface area (Å²) >= 11 is 6.09. The van der Waals surface area contributed by atoms with E-state index in [-0.39, 0.29) is 16.8 Å². The molecule has 168 valence electrons. The second kappa shape index (κ2) is 8.66. The first-order chi connectivity index (χ1) is 15.2. The van der Waals surface area contributed by atoms with E-state index in [0.29, 0.717) is 42.9 Å². The van der Waals surface area contributed by atoms with Crippen molar-refractivity contribution in [3.63, 3.8) is 0 Å². The fraction of sp³-hybridized carbons (Fsp3) is 0.364. The van der Waals surface area contributed by atoms with Crippen molar-refractivity contribution in [2.45, 2.75) is 26.4 Å². The van der Waals surface area contributed by atoms with Gasteiger partial charge < -0.3 is 24.8 Å². The highest BCUT2D eigenvalue weighted by molar-refractivity contribution is 6.30. The van der Waals surface area contributed by atoms with Gasteiger partial charge in [0.1, 0.15) is 22.0 Å². The van der Waals surface area contributed by atoms with Crippen molar-refractivity contribution in [3.05, 3.63) is 52.2 Å². The van der Waals surface area contributed by atoms with Gasteiger partial charge in [0, 0.05) is 43.6 Å². The Hall–Kier alpha value is -3.33. The molecule has 0 atom stereocenters. The summed E-state index contributed by atoms with van der Waals surface area (Å²) in [7, 11) is 0. The highest BCUT2D eigenvalue weighted by Gasteiger charge is 2.26. The Bertz CT molecular complexity index is 1180. The van der Waals surface area contributed by atoms with Gasteiger partial charge in [-0.1, -0.05) is 11.6 Å². The molecule has 0 aliphatic carbocycles. The predicted molar refractivity (Wildman–Crippen MR) is 125 cm³/mol. The number of ether oxygens (including phenoxy) is 1. The SMILES string of the molecule is CC(C)(C)OC(=O)N1CCN(c2ccc(Nc3nc(Cl)cc4nc[nH]c(=O)c34)cc2)CC1. The molecule has 0 saturated carbocycles. The van der Waals surface area contributed by atoms with Gasteiger partial charge in [-0.15, -0.1) is 0 Å². The Kier molecular flexibility index (Phi) is 5.92. The molecule has 3 aromatic rings. The maximum atomic E-state index is 12.3. The largest absolute Gasteiger partial charge is 0.444 e. The molecule has 32 heavy (non-hydrogen) atoms. The number of rotatable bonds is 3. The fourth-order valence-electron chi connectivity index (χ4n) is 3.52. The van der Waals surface area contributed by atoms with Crippen molar-refractivity contribution in [2.24, 2.45) is 0 Å². The smallest absolute Gasteiger partial charge is 0.410 e. The van der Waals surface area contributed by atoms with Gasteiger partial charge in [0.15, 0.2) is 0 Å². The molecular formula is C22H25ClN6O3. The summed E-state index contributed by atoms with van der Waals surface area (Å²) in [5.74, 6) is 0.348. The molecule has 4 rings (SSSR count). The minimum absolute atomic E-state index is 0.248. The molecule has 3 heterocycles. The number of benzene rings is 1. The summed E-state index contributed by atoms with van der Waals surface area (Å²) in [6.45, 7) is 8.23. The van der Waals surface area contributed by atoms with Crippen LogP contribution in [0, 0.1) is 0 Å². The van der Waals surface area contributed by atoms with Gasteiger partial charge in [-0.25, -0.2) is 14.8 Å². The number of hydrogen-bond acceptors (Lipinski definition) is 7. The van der Waals surface area contributed by atoms with E-state index in [2.05, 4.69) is 25.2 Å². The molecule has 1 fully saturated rings. The van der Waals surface area contributed by atoms with E-state index in [9.17, 15) is 9.59 Å². The third-order valence-corrected chi connectivity index (χ3v) is 5.21. The summed E-state index contributed by atoms with van der Waals surface area (Å²) in [5.41, 5.74) is 1.49. The molecule has 0 unspecified atom stereocenters. The van der Waals surface area contributed by atoms with Crippen molar-refractivity contribution < 1.29 is 9.53 Å². The number of hydrogen-bond donors (Lipinski definition) is 2. The van der Waals surface area contributed by atoms with Crippen LogP contribution in [0.1, 0.15) is 20.8 Å². The molecule has 1 aromatic carbocycles. The van der Waals surface area contributed by atoms with E-state index in [4.69, 9.17) is 16.3 Å². The molecule has 1 amide bonds. The first-order valence-corrected chi connectivity index (χ1v) is 10.7. The Balaban J connectivity index is 1.43. The number of carbonyl (C=O) groups excluding carboxylic acids is 1. The third kappa shape index (κ3) is 4.94. The van der Waals surface area contributed by atoms with Crippen molar-refractivity contribution in [1.29, 1.82) is 0 Å². The zero-order chi connectivity index (χ0) is 22.9. The van der Waals surface area contributed by atoms with E-state index in [1.54, 1.807) is 11.0 Å². The standard InChI is InChI=1S/C22H25ClN6O3/c1-22(2,3)32-21(31)29-10-8-28(9-11-29)15-6-4-14(5-7-15)26-19-18-16(12-17(23)27-19)24-13-25-20(18)30/h4-7,12-13H,8-11H2,1-3H3,(H,26,27)(H,24,25,30). The first kappa shape index (κ1) is 21.9. The molecule has 0 radical (unpaired) electrons. The van der Waals surface area contributed by atoms with Crippen LogP contribution >= 0.6 is 11.6 Å². The van der Waals surface area contributed by atoms with Crippen LogP contribution in [0.15, 0.2) is 41.5 Å². The molecule has 1 saturated heterocycles. The Morgan fingerprint density at radius 1 is 1.16 bits per heavy atom. The zero-order valence-electron chi connectivity index (χ0n) is 18.2. The molecule has 9 nitrogen and oxygen atoms in total. The Morgan fingerprint density at radius 3 is 2.50 bits per heavy atom. The molecular weight excluding hydrogens is 432 g/mol. The number of halogens is 1. The highest BCUT2D eigenvalue weighted by atomic mass is 35.5. The summed E-state index contributed by atoms with van der Waals surface area (Å²) in [6.07, 6.45) is 1.06. The Labute approximate surface area is 190 Å². The summed E-state index contributed by atoms with van der Waals surface area (Å²) in [4.78, 5) is 39.4. The van der Waals surface area contributed by atoms with Crippen LogP contribution in [0.2, 0.25) is 5.15 Å². The molecule has 0 bridgehead atoms. The molecule has 10 heteroatoms. The maximum absolute atomic E-state index is 12.3. The minimum Gasteiger partial charge on any atom is -0.444 e. The van der Waals surface area contributed by atoms with Gasteiger partial charge in [-0.05, 0) is 45.0 Å². The van der Waals surface area contributed by atoms with Gasteiger partial charge in [-0.3, -0.25) is 4.79 Å². The topological polar surface area (TPSA) is 103 Å². The molecule has 2 aromatic heterocycles. The van der Waals surface area contributed by atoms with Crippen LogP contribution in [0.25, 0.3) is 10.9 Å². The lowest BCUT2D eigenvalue weighted by atomic mass is 10.2. The van der Waals surface area contributed by atoms with Gasteiger partial charge in [0.05, 0.1) is 11.8 Å². The van der Waals surface area contributed by atoms with Crippen LogP contribution in [-0.4, -0.2) is 57.7 Å². The van der Waals surface area contributed by atoms with Crippen LogP contribution < -0.4 is 15.8 Å². The number of aromatic amines is 1. The fourth-order valence-corrected chi connectivity index (χ4v) is 3.70. The molecule has 2 N–H and O–H groups in total. The van der Waals surface area contributed by atoms with Crippen LogP contribution in [0.5, 0.6) is 0 Å². The van der Waals surface area contributed by atoms with E-state index in [0.717, 1.165) is 11.4 Å². The molecule has 0 spiro atoms. The van der Waals surface area contributed by atoms with Crippen molar-refractivity contribution in [2.75, 3.05) is 36.4 Å². The quantitative estimate of drug-likeness (QED) is 0.578. The number of pyridine rings is 1. The van der Waals surface area contributed by atoms with E-state index in [1.807, 2.05) is 45.0 Å². The first-order valence-electron chi connectivity index (χ1n) is 10.3. The number of carbonyl (C=O) groups is 1. The molecule has 1 aliphatic heterocycles. The lowest BCUT2D eigenvalue weighted by Crippen LogP contribution is -2.50. The lowest BCUT2D eigenvalue weighted by molar-refractivity contribution is 0.0240. The van der Waals surface area contributed by atoms with Gasteiger partial charge >= 0.3 is 6.09 Å². The normalized spacial score (nSPS) is 14.5. The van der Waals surface area contributed by atoms with E-state index < -0.39 is 5.60 Å². The van der Waals surface area contributed by atoms with E-state index in [1.165, 1.54) is 6.33 Å². The maximum Gasteiger partial charge on any atom is 0.410 e. The van der Waals surface area contributed by atoms with Crippen LogP contribution in [0.3, 0.4) is 0 Å². The lowest BCUT2D eigenvalue weighted by Gasteiger charge is -2.36.